The van der Waals surface area contributed by atoms with E-state index in [2.05, 4.69) is 0 Å². The smallest absolute Gasteiger partial charge is 0.311 e. The Hall–Kier alpha value is -3.10. The zero-order valence-electron chi connectivity index (χ0n) is 18.2. The topological polar surface area (TPSA) is 88.5 Å². The number of aliphatic hydroxyl groups excluding tert-OH is 1. The van der Waals surface area contributed by atoms with Gasteiger partial charge in [0.05, 0.1) is 32.3 Å². The van der Waals surface area contributed by atoms with Crippen LogP contribution in [-0.4, -0.2) is 54.1 Å². The van der Waals surface area contributed by atoms with E-state index in [4.69, 9.17) is 14.2 Å². The molecule has 0 radical (unpaired) electrons. The molecule has 2 fully saturated rings. The van der Waals surface area contributed by atoms with Gasteiger partial charge >= 0.3 is 5.97 Å². The molecule has 2 aromatic carbocycles. The fraction of sp³-hybridized carbons (Fsp3) is 0.417. The number of anilines is 1. The fourth-order valence-corrected chi connectivity index (χ4v) is 5.59. The summed E-state index contributed by atoms with van der Waals surface area (Å²) < 4.78 is 16.6. The van der Waals surface area contributed by atoms with Crippen LogP contribution < -0.4 is 14.4 Å². The predicted octanol–water partition coefficient (Wildman–Crippen LogP) is 2.32. The minimum atomic E-state index is -1.29. The van der Waals surface area contributed by atoms with E-state index in [0.717, 1.165) is 5.56 Å². The molecule has 2 saturated heterocycles. The standard InChI is InChI=1S/C24H26N2O6/c1-4-31-21(27)19-17-13-32-18-8-6-5-7-16(18)20(17)26-23(29)25(22(28)24(19,26)2)14-9-11-15(30-3)12-10-14/h5-12,17,19-20,23,29H,4,13H2,1-3H3/t17-,19+,20-,23?,24+/m1/s1. The third kappa shape index (κ3) is 2.69. The number of carbonyl (C=O) groups is 2. The maximum Gasteiger partial charge on any atom is 0.311 e. The number of benzene rings is 2. The first-order valence-corrected chi connectivity index (χ1v) is 10.8. The third-order valence-corrected chi connectivity index (χ3v) is 6.97. The van der Waals surface area contributed by atoms with Crippen molar-refractivity contribution >= 4 is 17.6 Å². The molecule has 168 valence electrons. The van der Waals surface area contributed by atoms with E-state index < -0.39 is 23.8 Å². The Morgan fingerprint density at radius 1 is 1.22 bits per heavy atom. The molecule has 32 heavy (non-hydrogen) atoms. The highest BCUT2D eigenvalue weighted by molar-refractivity contribution is 6.06. The summed E-state index contributed by atoms with van der Waals surface area (Å²) in [5, 5.41) is 11.5. The van der Waals surface area contributed by atoms with E-state index in [9.17, 15) is 14.7 Å². The second-order valence-corrected chi connectivity index (χ2v) is 8.46. The van der Waals surface area contributed by atoms with Gasteiger partial charge in [0, 0.05) is 17.2 Å². The van der Waals surface area contributed by atoms with E-state index in [1.54, 1.807) is 50.1 Å². The van der Waals surface area contributed by atoms with Gasteiger partial charge < -0.3 is 19.3 Å². The fourth-order valence-electron chi connectivity index (χ4n) is 5.59. The molecule has 0 aromatic heterocycles. The summed E-state index contributed by atoms with van der Waals surface area (Å²) in [6.45, 7) is 3.94. The van der Waals surface area contributed by atoms with Crippen molar-refractivity contribution in [3.8, 4) is 11.5 Å². The number of rotatable bonds is 4. The maximum atomic E-state index is 13.9. The summed E-state index contributed by atoms with van der Waals surface area (Å²) >= 11 is 0. The number of amides is 1. The number of ether oxygens (including phenoxy) is 3. The van der Waals surface area contributed by atoms with Crippen LogP contribution in [0, 0.1) is 11.8 Å². The SMILES string of the molecule is CCOC(=O)[C@@H]1[C@H]2COc3ccccc3[C@H]2N2C(O)N(c3ccc(OC)cc3)C(=O)[C@]12C. The highest BCUT2D eigenvalue weighted by Crippen LogP contribution is 2.59. The number of nitrogens with zero attached hydrogens (tertiary/aromatic N) is 2. The average Bonchev–Trinajstić information content (AvgIpc) is 3.19. The second-order valence-electron chi connectivity index (χ2n) is 8.46. The number of aliphatic hydroxyl groups is 1. The molecule has 3 aliphatic heterocycles. The number of esters is 1. The van der Waals surface area contributed by atoms with E-state index in [-0.39, 0.29) is 31.1 Å². The predicted molar refractivity (Wildman–Crippen MR) is 115 cm³/mol. The quantitative estimate of drug-likeness (QED) is 0.733. The summed E-state index contributed by atoms with van der Waals surface area (Å²) in [6, 6.07) is 14.1. The van der Waals surface area contributed by atoms with Crippen molar-refractivity contribution in [3.63, 3.8) is 0 Å². The molecular weight excluding hydrogens is 412 g/mol. The Bertz CT molecular complexity index is 1060. The van der Waals surface area contributed by atoms with Crippen molar-refractivity contribution in [1.82, 2.24) is 4.90 Å². The lowest BCUT2D eigenvalue weighted by Crippen LogP contribution is -2.51. The molecule has 8 heteroatoms. The zero-order valence-corrected chi connectivity index (χ0v) is 18.2. The van der Waals surface area contributed by atoms with Crippen molar-refractivity contribution in [2.45, 2.75) is 31.8 Å². The normalized spacial score (nSPS) is 30.9. The summed E-state index contributed by atoms with van der Waals surface area (Å²) in [5.41, 5.74) is 0.0884. The molecule has 8 nitrogen and oxygen atoms in total. The Kier molecular flexibility index (Phi) is 4.87. The highest BCUT2D eigenvalue weighted by Gasteiger charge is 2.72. The first-order valence-electron chi connectivity index (χ1n) is 10.8. The van der Waals surface area contributed by atoms with Gasteiger partial charge in [-0.25, -0.2) is 4.90 Å². The number of fused-ring (bicyclic) bond motifs is 5. The van der Waals surface area contributed by atoms with Crippen molar-refractivity contribution in [2.24, 2.45) is 11.8 Å². The number of para-hydroxylation sites is 1. The molecule has 1 N–H and O–H groups in total. The molecule has 0 bridgehead atoms. The van der Waals surface area contributed by atoms with Crippen LogP contribution in [0.2, 0.25) is 0 Å². The van der Waals surface area contributed by atoms with Gasteiger partial charge in [-0.1, -0.05) is 18.2 Å². The second kappa shape index (κ2) is 7.50. The van der Waals surface area contributed by atoms with Crippen LogP contribution in [0.3, 0.4) is 0 Å². The van der Waals surface area contributed by atoms with E-state index in [0.29, 0.717) is 17.2 Å². The molecule has 0 spiro atoms. The van der Waals surface area contributed by atoms with Crippen LogP contribution >= 0.6 is 0 Å². The van der Waals surface area contributed by atoms with Gasteiger partial charge in [0.2, 0.25) is 0 Å². The van der Waals surface area contributed by atoms with Crippen molar-refractivity contribution in [3.05, 3.63) is 54.1 Å². The third-order valence-electron chi connectivity index (χ3n) is 6.97. The van der Waals surface area contributed by atoms with Gasteiger partial charge in [0.15, 0.2) is 6.35 Å². The lowest BCUT2D eigenvalue weighted by Gasteiger charge is -2.36. The molecule has 3 heterocycles. The minimum Gasteiger partial charge on any atom is -0.497 e. The molecule has 1 amide bonds. The Labute approximate surface area is 186 Å². The van der Waals surface area contributed by atoms with Crippen LogP contribution in [0.1, 0.15) is 25.5 Å². The lowest BCUT2D eigenvalue weighted by atomic mass is 9.77. The number of methoxy groups -OCH3 is 1. The van der Waals surface area contributed by atoms with Crippen molar-refractivity contribution in [1.29, 1.82) is 0 Å². The van der Waals surface area contributed by atoms with Crippen LogP contribution in [0.15, 0.2) is 48.5 Å². The molecule has 5 rings (SSSR count). The van der Waals surface area contributed by atoms with Crippen LogP contribution in [0.5, 0.6) is 11.5 Å². The highest BCUT2D eigenvalue weighted by atomic mass is 16.5. The van der Waals surface area contributed by atoms with Crippen LogP contribution in [-0.2, 0) is 14.3 Å². The first kappa shape index (κ1) is 20.8. The average molecular weight is 438 g/mol. The molecule has 0 aliphatic carbocycles. The zero-order chi connectivity index (χ0) is 22.6. The minimum absolute atomic E-state index is 0.208. The molecule has 0 saturated carbocycles. The van der Waals surface area contributed by atoms with Crippen LogP contribution in [0.4, 0.5) is 5.69 Å². The van der Waals surface area contributed by atoms with Gasteiger partial charge in [0.25, 0.3) is 5.91 Å². The number of carbonyl (C=O) groups excluding carboxylic acids is 2. The Balaban J connectivity index is 1.64. The summed E-state index contributed by atoms with van der Waals surface area (Å²) in [5.74, 6) is -0.572. The summed E-state index contributed by atoms with van der Waals surface area (Å²) in [4.78, 5) is 30.2. The lowest BCUT2D eigenvalue weighted by molar-refractivity contribution is -0.155. The summed E-state index contributed by atoms with van der Waals surface area (Å²) in [6.07, 6.45) is -1.25. The van der Waals surface area contributed by atoms with Gasteiger partial charge in [-0.05, 0) is 44.2 Å². The van der Waals surface area contributed by atoms with Gasteiger partial charge in [-0.15, -0.1) is 0 Å². The summed E-state index contributed by atoms with van der Waals surface area (Å²) in [7, 11) is 1.56. The number of hydrogen-bond donors (Lipinski definition) is 1. The Morgan fingerprint density at radius 2 is 1.94 bits per heavy atom. The molecule has 5 atom stereocenters. The van der Waals surface area contributed by atoms with E-state index >= 15 is 0 Å². The molecule has 3 aliphatic rings. The molecule has 2 aromatic rings. The molecular formula is C24H26N2O6. The molecule has 1 unspecified atom stereocenters. The van der Waals surface area contributed by atoms with E-state index in [1.165, 1.54) is 4.90 Å². The Morgan fingerprint density at radius 3 is 2.62 bits per heavy atom. The van der Waals surface area contributed by atoms with Gasteiger partial charge in [-0.3, -0.25) is 14.5 Å². The first-order chi connectivity index (χ1) is 15.4. The van der Waals surface area contributed by atoms with Crippen LogP contribution in [0.25, 0.3) is 0 Å². The van der Waals surface area contributed by atoms with E-state index in [1.807, 2.05) is 24.3 Å². The largest absolute Gasteiger partial charge is 0.497 e. The van der Waals surface area contributed by atoms with Crippen molar-refractivity contribution in [2.75, 3.05) is 25.2 Å². The van der Waals surface area contributed by atoms with Gasteiger partial charge in [-0.2, -0.15) is 0 Å². The number of hydrogen-bond acceptors (Lipinski definition) is 7. The van der Waals surface area contributed by atoms with Gasteiger partial charge in [0.1, 0.15) is 17.0 Å². The maximum absolute atomic E-state index is 13.9. The van der Waals surface area contributed by atoms with Crippen molar-refractivity contribution < 1.29 is 28.9 Å². The monoisotopic (exact) mass is 438 g/mol.